The molecule has 0 bridgehead atoms. The van der Waals surface area contributed by atoms with Crippen molar-refractivity contribution >= 4 is 22.8 Å². The minimum absolute atomic E-state index is 0. The van der Waals surface area contributed by atoms with Gasteiger partial charge in [0.05, 0.1) is 0 Å². The first-order valence-electron chi connectivity index (χ1n) is 29.4. The Bertz CT molecular complexity index is 1490. The Kier molecular flexibility index (Phi) is 40.7. The third kappa shape index (κ3) is 23.8. The molecule has 0 radical (unpaired) electrons. The summed E-state index contributed by atoms with van der Waals surface area (Å²) in [6.45, 7) is 32.2. The summed E-state index contributed by atoms with van der Waals surface area (Å²) in [5.41, 5.74) is 29.1. The van der Waals surface area contributed by atoms with E-state index in [9.17, 15) is 5.53 Å². The van der Waals surface area contributed by atoms with E-state index in [2.05, 4.69) is 131 Å². The van der Waals surface area contributed by atoms with Crippen LogP contribution in [0.4, 0.5) is 11.4 Å². The maximum absolute atomic E-state index is 13.0. The second-order valence-corrected chi connectivity index (χ2v) is 20.1. The van der Waals surface area contributed by atoms with Gasteiger partial charge in [-0.3, -0.25) is 0 Å². The molecule has 0 saturated heterocycles. The molecule has 4 nitrogen and oxygen atoms in total. The number of hydrogen-bond acceptors (Lipinski definition) is 2. The van der Waals surface area contributed by atoms with Crippen molar-refractivity contribution in [1.29, 1.82) is 0 Å². The Morgan fingerprint density at radius 3 is 0.841 bits per heavy atom. The minimum Gasteiger partial charge on any atom is -0.493 e. The SMILES string of the molecule is CCCCCCc1cc(C2=C(CCCC)C(CCCC)=C(c3cc(CCCCCC)c(N(C)CC)c(CCCCCC)c3)[N+]2=[N-])cc(CCCCCC)c1N(C)CC.[CH2-]CCCC.[CH2-]CCCC.[Ni+2]. The molecule has 0 aliphatic carbocycles. The Hall–Kier alpha value is -2.39. The van der Waals surface area contributed by atoms with Crippen molar-refractivity contribution < 1.29 is 21.2 Å². The number of rotatable bonds is 36. The molecule has 0 spiro atoms. The van der Waals surface area contributed by atoms with Crippen LogP contribution in [0.15, 0.2) is 35.4 Å². The van der Waals surface area contributed by atoms with Crippen molar-refractivity contribution in [3.05, 3.63) is 88.2 Å². The van der Waals surface area contributed by atoms with Crippen LogP contribution in [-0.4, -0.2) is 31.9 Å². The molecule has 5 heteroatoms. The third-order valence-electron chi connectivity index (χ3n) is 14.1. The molecular weight excluding hydrogens is 883 g/mol. The molecule has 0 amide bonds. The van der Waals surface area contributed by atoms with E-state index in [4.69, 9.17) is 0 Å². The predicted octanol–water partition coefficient (Wildman–Crippen LogP) is 20.7. The summed E-state index contributed by atoms with van der Waals surface area (Å²) < 4.78 is 1.70. The zero-order valence-corrected chi connectivity index (χ0v) is 48.9. The first kappa shape index (κ1) is 66.6. The molecule has 0 N–H and O–H groups in total. The molecular formula is C64H112N4Ni. The Morgan fingerprint density at radius 2 is 0.638 bits per heavy atom. The number of aryl methyl sites for hydroxylation is 4. The van der Waals surface area contributed by atoms with Crippen LogP contribution in [0, 0.1) is 13.8 Å². The van der Waals surface area contributed by atoms with Crippen molar-refractivity contribution in [2.45, 2.75) is 275 Å². The van der Waals surface area contributed by atoms with Crippen LogP contribution < -0.4 is 9.80 Å². The van der Waals surface area contributed by atoms with Crippen LogP contribution in [0.2, 0.25) is 0 Å². The number of hydrogen-bond donors (Lipinski definition) is 0. The topological polar surface area (TPSA) is 31.8 Å². The molecule has 1 aliphatic rings. The number of benzene rings is 2. The minimum atomic E-state index is 0. The molecule has 3 rings (SSSR count). The van der Waals surface area contributed by atoms with Crippen LogP contribution in [0.25, 0.3) is 16.9 Å². The molecule has 69 heavy (non-hydrogen) atoms. The second-order valence-electron chi connectivity index (χ2n) is 20.1. The van der Waals surface area contributed by atoms with Crippen molar-refractivity contribution in [3.63, 3.8) is 0 Å². The van der Waals surface area contributed by atoms with Gasteiger partial charge >= 0.3 is 16.5 Å². The predicted molar refractivity (Wildman–Crippen MR) is 308 cm³/mol. The third-order valence-corrected chi connectivity index (χ3v) is 14.1. The molecule has 0 unspecified atom stereocenters. The van der Waals surface area contributed by atoms with Gasteiger partial charge in [-0.05, 0) is 137 Å². The molecule has 2 aromatic carbocycles. The Balaban J connectivity index is 0.00000379. The normalized spacial score (nSPS) is 12.2. The molecule has 398 valence electrons. The van der Waals surface area contributed by atoms with Crippen molar-refractivity contribution in [1.82, 2.24) is 0 Å². The van der Waals surface area contributed by atoms with E-state index in [1.807, 2.05) is 0 Å². The number of allylic oxidation sites excluding steroid dienone is 2. The van der Waals surface area contributed by atoms with E-state index >= 15 is 0 Å². The smallest absolute Gasteiger partial charge is 0.493 e. The molecule has 1 heterocycles. The van der Waals surface area contributed by atoms with Gasteiger partial charge in [0.25, 0.3) is 0 Å². The van der Waals surface area contributed by atoms with E-state index in [1.165, 1.54) is 184 Å². The fraction of sp³-hybridized carbons (Fsp3) is 0.719. The zero-order chi connectivity index (χ0) is 50.5. The van der Waals surface area contributed by atoms with Crippen LogP contribution in [0.3, 0.4) is 0 Å². The molecule has 2 aromatic rings. The van der Waals surface area contributed by atoms with Gasteiger partial charge in [-0.25, -0.2) is 4.70 Å². The summed E-state index contributed by atoms with van der Waals surface area (Å²) in [6, 6.07) is 10.0. The van der Waals surface area contributed by atoms with E-state index in [0.717, 1.165) is 102 Å². The first-order valence-corrected chi connectivity index (χ1v) is 29.4. The van der Waals surface area contributed by atoms with Gasteiger partial charge in [0.2, 0.25) is 11.4 Å². The number of anilines is 2. The summed E-state index contributed by atoms with van der Waals surface area (Å²) in [5.74, 6) is 0. The average Bonchev–Trinajstić information content (AvgIpc) is 3.62. The summed E-state index contributed by atoms with van der Waals surface area (Å²) in [4.78, 5) is 5.00. The maximum atomic E-state index is 13.0. The largest absolute Gasteiger partial charge is 2.00 e. The monoisotopic (exact) mass is 995 g/mol. The number of nitrogens with zero attached hydrogens (tertiary/aromatic N) is 4. The van der Waals surface area contributed by atoms with E-state index in [-0.39, 0.29) is 16.5 Å². The van der Waals surface area contributed by atoms with E-state index < -0.39 is 0 Å². The van der Waals surface area contributed by atoms with Gasteiger partial charge in [0.15, 0.2) is 0 Å². The quantitative estimate of drug-likeness (QED) is 0.0295. The fourth-order valence-electron chi connectivity index (χ4n) is 9.81. The maximum Gasteiger partial charge on any atom is 2.00 e. The Morgan fingerprint density at radius 1 is 0.377 bits per heavy atom. The zero-order valence-electron chi connectivity index (χ0n) is 47.9. The Labute approximate surface area is 441 Å². The van der Waals surface area contributed by atoms with Crippen LogP contribution in [0.1, 0.15) is 282 Å². The number of unbranched alkanes of at least 4 members (excludes halogenated alkanes) is 18. The summed E-state index contributed by atoms with van der Waals surface area (Å²) in [6.07, 6.45) is 38.4. The summed E-state index contributed by atoms with van der Waals surface area (Å²) >= 11 is 0. The molecule has 1 aliphatic heterocycles. The van der Waals surface area contributed by atoms with Gasteiger partial charge in [0.1, 0.15) is 0 Å². The fourth-order valence-corrected chi connectivity index (χ4v) is 9.81. The standard InChI is InChI=1S/C54H90N4.2C5H11.Ni/c1-11-19-25-29-33-43-39-47(40-44(34-30-26-20-12-2)51(43)56(9)17-7)53-49(37-23-15-5)50(38-24-16-6)54(58(53)55)48-41-45(35-31-27-21-13-3)52(57(10)18-8)46(42-48)36-32-28-22-14-4;2*1-3-5-4-2;/h39-42H,11-38H2,1-10H3;2*1,3-5H2,2H3;/q;2*-1;+2. The van der Waals surface area contributed by atoms with Crippen molar-refractivity contribution in [3.8, 4) is 0 Å². The van der Waals surface area contributed by atoms with E-state index in [1.54, 1.807) is 4.70 Å². The molecule has 0 saturated carbocycles. The van der Waals surface area contributed by atoms with Crippen LogP contribution in [-0.2, 0) is 42.2 Å². The van der Waals surface area contributed by atoms with E-state index in [0.29, 0.717) is 0 Å². The molecule has 0 atom stereocenters. The van der Waals surface area contributed by atoms with Gasteiger partial charge in [0, 0.05) is 60.8 Å². The first-order chi connectivity index (χ1) is 33.1. The van der Waals surface area contributed by atoms with Crippen molar-refractivity contribution in [2.24, 2.45) is 0 Å². The van der Waals surface area contributed by atoms with Crippen LogP contribution in [0.5, 0.6) is 0 Å². The van der Waals surface area contributed by atoms with Gasteiger partial charge in [-0.1, -0.05) is 171 Å². The summed E-state index contributed by atoms with van der Waals surface area (Å²) in [7, 11) is 4.59. The van der Waals surface area contributed by atoms with Crippen LogP contribution >= 0.6 is 0 Å². The van der Waals surface area contributed by atoms with Gasteiger partial charge < -0.3 is 29.2 Å². The van der Waals surface area contributed by atoms with Gasteiger partial charge in [-0.15, -0.1) is 0 Å². The van der Waals surface area contributed by atoms with Gasteiger partial charge in [-0.2, -0.15) is 12.8 Å². The summed E-state index contributed by atoms with van der Waals surface area (Å²) in [5, 5.41) is 0. The second kappa shape index (κ2) is 42.2. The molecule has 0 aromatic heterocycles. The average molecular weight is 996 g/mol. The molecule has 0 fully saturated rings. The van der Waals surface area contributed by atoms with Crippen molar-refractivity contribution in [2.75, 3.05) is 37.0 Å².